The van der Waals surface area contributed by atoms with E-state index in [0.29, 0.717) is 0 Å². The van der Waals surface area contributed by atoms with Gasteiger partial charge in [0, 0.05) is 44.5 Å². The molecule has 0 aromatic rings. The number of ether oxygens (including phenoxy) is 3. The van der Waals surface area contributed by atoms with Crippen LogP contribution in [0.25, 0.3) is 0 Å². The van der Waals surface area contributed by atoms with Crippen LogP contribution in [0, 0.1) is 43.6 Å². The van der Waals surface area contributed by atoms with Crippen LogP contribution in [-0.2, 0) is 23.8 Å². The molecule has 1 heterocycles. The van der Waals surface area contributed by atoms with Gasteiger partial charge in [-0.15, -0.1) is 5.92 Å². The molecule has 7 heteroatoms. The summed E-state index contributed by atoms with van der Waals surface area (Å²) >= 11 is 0. The Hall–Kier alpha value is -0.508. The molecule has 0 saturated carbocycles. The SMILES string of the molecule is C=C(O)CCC(=O)OCC1O[CH-]C(C)C1OC(C)=O.[U]. The minimum absolute atomic E-state index is 0. The number of esters is 2. The molecule has 0 bridgehead atoms. The molecule has 0 aromatic heterocycles. The Morgan fingerprint density at radius 3 is 2.60 bits per heavy atom. The fraction of sp³-hybridized carbons (Fsp3) is 0.615. The first-order valence-electron chi connectivity index (χ1n) is 6.08. The Kier molecular flexibility index (Phi) is 9.19. The van der Waals surface area contributed by atoms with Crippen LogP contribution in [0.2, 0.25) is 0 Å². The molecule has 112 valence electrons. The number of aliphatic hydroxyl groups is 1. The van der Waals surface area contributed by atoms with Crippen molar-refractivity contribution in [1.82, 2.24) is 0 Å². The molecular formula is C13H19O6U-. The van der Waals surface area contributed by atoms with Crippen LogP contribution in [0.4, 0.5) is 0 Å². The van der Waals surface area contributed by atoms with Crippen LogP contribution in [0.3, 0.4) is 0 Å². The summed E-state index contributed by atoms with van der Waals surface area (Å²) in [5.41, 5.74) is 0. The zero-order valence-electron chi connectivity index (χ0n) is 11.6. The van der Waals surface area contributed by atoms with Gasteiger partial charge in [0.05, 0.1) is 18.3 Å². The normalized spacial score (nSPS) is 24.6. The Morgan fingerprint density at radius 1 is 1.40 bits per heavy atom. The second-order valence-electron chi connectivity index (χ2n) is 4.49. The monoisotopic (exact) mass is 509 g/mol. The quantitative estimate of drug-likeness (QED) is 0.332. The van der Waals surface area contributed by atoms with Gasteiger partial charge in [0.2, 0.25) is 0 Å². The molecule has 1 rings (SSSR count). The van der Waals surface area contributed by atoms with Crippen LogP contribution < -0.4 is 0 Å². The molecule has 20 heavy (non-hydrogen) atoms. The van der Waals surface area contributed by atoms with Crippen LogP contribution in [0.5, 0.6) is 0 Å². The second-order valence-corrected chi connectivity index (χ2v) is 4.49. The molecule has 1 fully saturated rings. The largest absolute Gasteiger partial charge is 0.544 e. The molecule has 0 spiro atoms. The van der Waals surface area contributed by atoms with Crippen molar-refractivity contribution < 1.29 is 60.0 Å². The van der Waals surface area contributed by atoms with E-state index in [2.05, 4.69) is 6.58 Å². The van der Waals surface area contributed by atoms with E-state index in [1.54, 1.807) is 6.61 Å². The van der Waals surface area contributed by atoms with E-state index in [4.69, 9.17) is 19.3 Å². The fourth-order valence-corrected chi connectivity index (χ4v) is 1.72. The van der Waals surface area contributed by atoms with E-state index in [1.165, 1.54) is 6.92 Å². The predicted molar refractivity (Wildman–Crippen MR) is 65.9 cm³/mol. The molecule has 6 nitrogen and oxygen atoms in total. The van der Waals surface area contributed by atoms with Gasteiger partial charge in [-0.1, -0.05) is 13.5 Å². The first-order valence-corrected chi connectivity index (χ1v) is 6.08. The molecule has 1 N–H and O–H groups in total. The van der Waals surface area contributed by atoms with Gasteiger partial charge in [0.1, 0.15) is 12.7 Å². The number of aliphatic hydroxyl groups excluding tert-OH is 1. The van der Waals surface area contributed by atoms with Crippen molar-refractivity contribution in [2.45, 2.75) is 38.9 Å². The summed E-state index contributed by atoms with van der Waals surface area (Å²) < 4.78 is 15.4. The van der Waals surface area contributed by atoms with Crippen LogP contribution >= 0.6 is 0 Å². The third-order valence-corrected chi connectivity index (χ3v) is 2.68. The third-order valence-electron chi connectivity index (χ3n) is 2.68. The molecule has 1 aliphatic heterocycles. The van der Waals surface area contributed by atoms with Crippen molar-refractivity contribution >= 4 is 11.9 Å². The minimum atomic E-state index is -0.486. The van der Waals surface area contributed by atoms with Gasteiger partial charge >= 0.3 is 11.9 Å². The van der Waals surface area contributed by atoms with Crippen molar-refractivity contribution in [2.75, 3.05) is 6.61 Å². The summed E-state index contributed by atoms with van der Waals surface area (Å²) in [5, 5.41) is 8.87. The Balaban J connectivity index is 0.00000361. The number of carbonyl (C=O) groups excluding carboxylic acids is 2. The maximum atomic E-state index is 11.4. The fourth-order valence-electron chi connectivity index (χ4n) is 1.72. The van der Waals surface area contributed by atoms with Gasteiger partial charge in [-0.2, -0.15) is 0 Å². The van der Waals surface area contributed by atoms with Gasteiger partial charge in [-0.3, -0.25) is 9.59 Å². The average molecular weight is 509 g/mol. The minimum Gasteiger partial charge on any atom is -0.544 e. The molecule has 0 aromatic carbocycles. The average Bonchev–Trinajstić information content (AvgIpc) is 2.65. The van der Waals surface area contributed by atoms with Crippen LogP contribution in [0.15, 0.2) is 12.3 Å². The molecule has 3 atom stereocenters. The summed E-state index contributed by atoms with van der Waals surface area (Å²) in [6.07, 6.45) is -0.710. The van der Waals surface area contributed by atoms with E-state index < -0.39 is 24.1 Å². The number of carbonyl (C=O) groups is 2. The number of allylic oxidation sites excluding steroid dienone is 1. The van der Waals surface area contributed by atoms with Crippen molar-refractivity contribution in [3.63, 3.8) is 0 Å². The molecule has 0 radical (unpaired) electrons. The van der Waals surface area contributed by atoms with Crippen molar-refractivity contribution in [3.05, 3.63) is 18.9 Å². The van der Waals surface area contributed by atoms with Crippen molar-refractivity contribution in [1.29, 1.82) is 0 Å². The Bertz CT molecular complexity index is 357. The van der Waals surface area contributed by atoms with E-state index in [-0.39, 0.29) is 62.2 Å². The van der Waals surface area contributed by atoms with Gasteiger partial charge in [0.25, 0.3) is 0 Å². The molecule has 0 amide bonds. The summed E-state index contributed by atoms with van der Waals surface area (Å²) in [6.45, 7) is 8.03. The number of rotatable bonds is 6. The maximum absolute atomic E-state index is 11.4. The van der Waals surface area contributed by atoms with E-state index in [0.717, 1.165) is 0 Å². The first-order chi connectivity index (χ1) is 8.90. The van der Waals surface area contributed by atoms with Gasteiger partial charge in [0.15, 0.2) is 0 Å². The summed E-state index contributed by atoms with van der Waals surface area (Å²) in [5.74, 6) is -0.970. The smallest absolute Gasteiger partial charge is 0.306 e. The maximum Gasteiger partial charge on any atom is 0.306 e. The standard InChI is InChI=1S/C13H19O6.U/c1-8-6-17-11(13(8)19-10(3)15)7-18-12(16)5-4-9(2)14;/h6,8,11,13-14H,2,4-5,7H2,1,3H3;/q-1;. The molecule has 1 saturated heterocycles. The predicted octanol–water partition coefficient (Wildman–Crippen LogP) is 1.51. The molecule has 0 aliphatic carbocycles. The van der Waals surface area contributed by atoms with E-state index in [9.17, 15) is 9.59 Å². The zero-order chi connectivity index (χ0) is 14.4. The number of hydrogen-bond acceptors (Lipinski definition) is 6. The first kappa shape index (κ1) is 19.5. The van der Waals surface area contributed by atoms with Crippen molar-refractivity contribution in [2.24, 2.45) is 5.92 Å². The Morgan fingerprint density at radius 2 is 2.05 bits per heavy atom. The molecule has 3 unspecified atom stereocenters. The topological polar surface area (TPSA) is 82.1 Å². The van der Waals surface area contributed by atoms with Gasteiger partial charge in [-0.05, 0) is 0 Å². The van der Waals surface area contributed by atoms with Gasteiger partial charge < -0.3 is 19.3 Å². The third kappa shape index (κ3) is 6.78. The van der Waals surface area contributed by atoms with Gasteiger partial charge in [-0.25, -0.2) is 6.61 Å². The number of hydrogen-bond donors (Lipinski definition) is 1. The second kappa shape index (κ2) is 9.43. The summed E-state index contributed by atoms with van der Waals surface area (Å²) in [7, 11) is 0. The molecule has 1 aliphatic rings. The Labute approximate surface area is 142 Å². The molecular weight excluding hydrogens is 490 g/mol. The van der Waals surface area contributed by atoms with E-state index in [1.807, 2.05) is 6.92 Å². The summed E-state index contributed by atoms with van der Waals surface area (Å²) in [6, 6.07) is 0. The zero-order valence-corrected chi connectivity index (χ0v) is 15.8. The van der Waals surface area contributed by atoms with Crippen LogP contribution in [-0.4, -0.2) is 35.9 Å². The van der Waals surface area contributed by atoms with Crippen molar-refractivity contribution in [3.8, 4) is 0 Å². The summed E-state index contributed by atoms with van der Waals surface area (Å²) in [4.78, 5) is 22.3. The van der Waals surface area contributed by atoms with Crippen LogP contribution in [0.1, 0.15) is 26.7 Å². The van der Waals surface area contributed by atoms with E-state index >= 15 is 0 Å².